The number of rotatable bonds is 5. The van der Waals surface area contributed by atoms with Crippen LogP contribution >= 0.6 is 11.6 Å². The maximum absolute atomic E-state index is 14.5. The van der Waals surface area contributed by atoms with E-state index in [4.69, 9.17) is 11.6 Å². The molecule has 1 aliphatic heterocycles. The lowest BCUT2D eigenvalue weighted by Gasteiger charge is -2.28. The molecule has 0 radical (unpaired) electrons. The van der Waals surface area contributed by atoms with Crippen molar-refractivity contribution in [1.29, 1.82) is 0 Å². The van der Waals surface area contributed by atoms with E-state index in [1.807, 2.05) is 30.3 Å². The highest BCUT2D eigenvalue weighted by Crippen LogP contribution is 2.36. The minimum Gasteiger partial charge on any atom is -0.346 e. The first-order chi connectivity index (χ1) is 16.7. The van der Waals surface area contributed by atoms with Crippen molar-refractivity contribution in [2.24, 2.45) is 4.99 Å². The van der Waals surface area contributed by atoms with Gasteiger partial charge in [0.2, 0.25) is 0 Å². The summed E-state index contributed by atoms with van der Waals surface area (Å²) in [4.78, 5) is 17.8. The lowest BCUT2D eigenvalue weighted by atomic mass is 9.94. The zero-order valence-corrected chi connectivity index (χ0v) is 19.4. The molecule has 0 aromatic heterocycles. The van der Waals surface area contributed by atoms with Crippen LogP contribution in [0.2, 0.25) is 5.02 Å². The number of nitrogens with one attached hydrogen (secondary N) is 2. The quantitative estimate of drug-likeness (QED) is 0.413. The molecule has 35 heavy (non-hydrogen) atoms. The Kier molecular flexibility index (Phi) is 6.93. The summed E-state index contributed by atoms with van der Waals surface area (Å²) >= 11 is 6.28. The van der Waals surface area contributed by atoms with Gasteiger partial charge >= 0.3 is 0 Å². The van der Waals surface area contributed by atoms with E-state index in [1.165, 1.54) is 6.07 Å². The summed E-state index contributed by atoms with van der Waals surface area (Å²) in [5.41, 5.74) is 0.908. The monoisotopic (exact) mass is 501 g/mol. The Morgan fingerprint density at radius 3 is 2.29 bits per heavy atom. The molecule has 0 saturated heterocycles. The molecule has 0 aliphatic carbocycles. The number of nitrogens with zero attached hydrogens (tertiary/aromatic N) is 1. The van der Waals surface area contributed by atoms with Crippen LogP contribution in [-0.2, 0) is 4.79 Å². The van der Waals surface area contributed by atoms with Crippen LogP contribution in [-0.4, -0.2) is 11.7 Å². The fourth-order valence-corrected chi connectivity index (χ4v) is 4.18. The molecule has 1 heterocycles. The number of hydrogen-bond acceptors (Lipinski definition) is 3. The van der Waals surface area contributed by atoms with Gasteiger partial charge in [-0.1, -0.05) is 48.0 Å². The van der Waals surface area contributed by atoms with Crippen LogP contribution in [0.1, 0.15) is 42.6 Å². The van der Waals surface area contributed by atoms with Crippen LogP contribution in [0.3, 0.4) is 0 Å². The van der Waals surface area contributed by atoms with E-state index in [0.29, 0.717) is 12.1 Å². The first kappa shape index (κ1) is 24.5. The zero-order chi connectivity index (χ0) is 25.3. The fourth-order valence-electron chi connectivity index (χ4n) is 3.91. The summed E-state index contributed by atoms with van der Waals surface area (Å²) in [7, 11) is 0. The Balaban J connectivity index is 1.79. The molecular formula is C26H20ClF4N3O. The van der Waals surface area contributed by atoms with E-state index in [2.05, 4.69) is 15.6 Å². The van der Waals surface area contributed by atoms with Gasteiger partial charge in [0.1, 0.15) is 35.1 Å². The number of amides is 1. The standard InChI is InChI=1S/C26H20ClF4N3O/c1-13(15-6-4-3-5-7-15)33-26(35)22-14(2)32-25(23-20(30)11-17(29)12-21(23)31)34-24(22)18-9-8-16(28)10-19(18)27/h3-13,24H,1-2H3,(H,32,34)(H,33,35). The summed E-state index contributed by atoms with van der Waals surface area (Å²) in [6, 6.07) is 12.4. The Labute approximate surface area is 204 Å². The summed E-state index contributed by atoms with van der Waals surface area (Å²) < 4.78 is 56.2. The summed E-state index contributed by atoms with van der Waals surface area (Å²) in [6.45, 7) is 3.35. The number of allylic oxidation sites excluding steroid dienone is 1. The first-order valence-electron chi connectivity index (χ1n) is 10.7. The van der Waals surface area contributed by atoms with Gasteiger partial charge in [-0.2, -0.15) is 0 Å². The molecule has 0 saturated carbocycles. The average Bonchev–Trinajstić information content (AvgIpc) is 2.78. The minimum atomic E-state index is -1.17. The summed E-state index contributed by atoms with van der Waals surface area (Å²) in [5.74, 6) is -4.78. The van der Waals surface area contributed by atoms with Gasteiger partial charge in [0.05, 0.1) is 17.2 Å². The van der Waals surface area contributed by atoms with Gasteiger partial charge in [-0.3, -0.25) is 9.79 Å². The van der Waals surface area contributed by atoms with Crippen LogP contribution < -0.4 is 10.6 Å². The number of hydrogen-bond donors (Lipinski definition) is 2. The van der Waals surface area contributed by atoms with Gasteiger partial charge in [0.15, 0.2) is 0 Å². The molecule has 1 amide bonds. The number of carbonyl (C=O) groups excluding carboxylic acids is 1. The van der Waals surface area contributed by atoms with Crippen molar-refractivity contribution >= 4 is 23.3 Å². The molecule has 3 aromatic carbocycles. The normalized spacial score (nSPS) is 16.4. The molecule has 0 bridgehead atoms. The number of carbonyl (C=O) groups is 1. The van der Waals surface area contributed by atoms with Crippen molar-refractivity contribution in [3.05, 3.63) is 117 Å². The molecule has 1 aliphatic rings. The number of aliphatic imine (C=N–C) groups is 1. The molecule has 180 valence electrons. The topological polar surface area (TPSA) is 53.5 Å². The van der Waals surface area contributed by atoms with Gasteiger partial charge in [-0.15, -0.1) is 0 Å². The number of halogens is 5. The van der Waals surface area contributed by atoms with Gasteiger partial charge in [-0.25, -0.2) is 17.6 Å². The number of amidine groups is 1. The van der Waals surface area contributed by atoms with E-state index in [1.54, 1.807) is 13.8 Å². The second-order valence-electron chi connectivity index (χ2n) is 8.06. The minimum absolute atomic E-state index is 0.0192. The molecule has 2 unspecified atom stereocenters. The molecule has 3 aromatic rings. The van der Waals surface area contributed by atoms with Gasteiger partial charge in [0.25, 0.3) is 5.91 Å². The van der Waals surface area contributed by atoms with Crippen LogP contribution in [0.25, 0.3) is 0 Å². The summed E-state index contributed by atoms with van der Waals surface area (Å²) in [5, 5.41) is 5.63. The first-order valence-corrected chi connectivity index (χ1v) is 11.0. The highest BCUT2D eigenvalue weighted by molar-refractivity contribution is 6.31. The Bertz CT molecular complexity index is 1330. The highest BCUT2D eigenvalue weighted by atomic mass is 35.5. The predicted octanol–water partition coefficient (Wildman–Crippen LogP) is 6.14. The Morgan fingerprint density at radius 1 is 1.00 bits per heavy atom. The van der Waals surface area contributed by atoms with Crippen molar-refractivity contribution in [3.63, 3.8) is 0 Å². The molecule has 2 atom stereocenters. The molecular weight excluding hydrogens is 482 g/mol. The van der Waals surface area contributed by atoms with E-state index in [0.717, 1.165) is 17.7 Å². The largest absolute Gasteiger partial charge is 0.346 e. The van der Waals surface area contributed by atoms with Crippen molar-refractivity contribution in [1.82, 2.24) is 10.6 Å². The van der Waals surface area contributed by atoms with Gasteiger partial charge < -0.3 is 10.6 Å². The van der Waals surface area contributed by atoms with Crippen molar-refractivity contribution < 1.29 is 22.4 Å². The fraction of sp³-hybridized carbons (Fsp3) is 0.154. The molecule has 4 nitrogen and oxygen atoms in total. The van der Waals surface area contributed by atoms with E-state index >= 15 is 0 Å². The molecule has 2 N–H and O–H groups in total. The van der Waals surface area contributed by atoms with E-state index in [9.17, 15) is 22.4 Å². The average molecular weight is 502 g/mol. The Morgan fingerprint density at radius 2 is 1.66 bits per heavy atom. The molecule has 0 spiro atoms. The summed E-state index contributed by atoms with van der Waals surface area (Å²) in [6.07, 6.45) is 0. The van der Waals surface area contributed by atoms with Gasteiger partial charge in [-0.05, 0) is 31.5 Å². The maximum Gasteiger partial charge on any atom is 0.251 e. The highest BCUT2D eigenvalue weighted by Gasteiger charge is 2.33. The lowest BCUT2D eigenvalue weighted by Crippen LogP contribution is -2.38. The van der Waals surface area contributed by atoms with Crippen LogP contribution in [0.4, 0.5) is 17.6 Å². The van der Waals surface area contributed by atoms with E-state index in [-0.39, 0.29) is 33.7 Å². The third kappa shape index (κ3) is 5.07. The molecule has 4 rings (SSSR count). The van der Waals surface area contributed by atoms with Crippen molar-refractivity contribution in [3.8, 4) is 0 Å². The maximum atomic E-state index is 14.5. The third-order valence-corrected chi connectivity index (χ3v) is 5.96. The third-order valence-electron chi connectivity index (χ3n) is 5.63. The lowest BCUT2D eigenvalue weighted by molar-refractivity contribution is -0.118. The van der Waals surface area contributed by atoms with Crippen LogP contribution in [0.5, 0.6) is 0 Å². The van der Waals surface area contributed by atoms with Crippen LogP contribution in [0.15, 0.2) is 76.9 Å². The zero-order valence-electron chi connectivity index (χ0n) is 18.7. The second-order valence-corrected chi connectivity index (χ2v) is 8.47. The SMILES string of the molecule is CC1=C(C(=O)NC(C)c2ccccc2)C(c2ccc(F)cc2Cl)N=C(c2c(F)cc(F)cc2F)N1. The van der Waals surface area contributed by atoms with Crippen molar-refractivity contribution in [2.75, 3.05) is 0 Å². The number of benzene rings is 3. The molecule has 0 fully saturated rings. The second kappa shape index (κ2) is 9.92. The smallest absolute Gasteiger partial charge is 0.251 e. The van der Waals surface area contributed by atoms with Crippen LogP contribution in [0, 0.1) is 23.3 Å². The van der Waals surface area contributed by atoms with E-state index < -0.39 is 40.8 Å². The Hall–Kier alpha value is -3.65. The molecule has 9 heteroatoms. The predicted molar refractivity (Wildman–Crippen MR) is 126 cm³/mol. The van der Waals surface area contributed by atoms with Gasteiger partial charge in [0, 0.05) is 28.4 Å². The van der Waals surface area contributed by atoms with Crippen molar-refractivity contribution in [2.45, 2.75) is 25.9 Å².